The van der Waals surface area contributed by atoms with Crippen molar-refractivity contribution >= 4 is 5.91 Å². The average Bonchev–Trinajstić information content (AvgIpc) is 3.55. The van der Waals surface area contributed by atoms with Crippen LogP contribution in [0.5, 0.6) is 0 Å². The Morgan fingerprint density at radius 2 is 2.21 bits per heavy atom. The van der Waals surface area contributed by atoms with Gasteiger partial charge in [0.25, 0.3) is 0 Å². The van der Waals surface area contributed by atoms with Crippen LogP contribution >= 0.6 is 0 Å². The van der Waals surface area contributed by atoms with E-state index in [0.717, 1.165) is 11.1 Å². The predicted molar refractivity (Wildman–Crippen MR) is 119 cm³/mol. The Kier molecular flexibility index (Phi) is 5.88. The summed E-state index contributed by atoms with van der Waals surface area (Å²) in [7, 11) is 0. The van der Waals surface area contributed by atoms with Crippen LogP contribution in [0.4, 0.5) is 0 Å². The van der Waals surface area contributed by atoms with Crippen molar-refractivity contribution < 1.29 is 14.4 Å². The number of imidazole rings is 1. The van der Waals surface area contributed by atoms with E-state index in [-0.39, 0.29) is 18.4 Å². The molecular weight excluding hydrogens is 436 g/mol. The summed E-state index contributed by atoms with van der Waals surface area (Å²) in [6, 6.07) is 3.68. The summed E-state index contributed by atoms with van der Waals surface area (Å²) in [4.78, 5) is 26.2. The van der Waals surface area contributed by atoms with Crippen LogP contribution in [-0.2, 0) is 17.9 Å². The maximum atomic E-state index is 12.3. The minimum absolute atomic E-state index is 0.00329. The van der Waals surface area contributed by atoms with Gasteiger partial charge < -0.3 is 19.1 Å². The summed E-state index contributed by atoms with van der Waals surface area (Å²) in [5.41, 5.74) is 2.22. The molecule has 1 N–H and O–H groups in total. The van der Waals surface area contributed by atoms with Gasteiger partial charge >= 0.3 is 0 Å². The van der Waals surface area contributed by atoms with E-state index >= 15 is 0 Å². The molecule has 0 bridgehead atoms. The fourth-order valence-corrected chi connectivity index (χ4v) is 3.73. The van der Waals surface area contributed by atoms with E-state index in [2.05, 4.69) is 37.0 Å². The summed E-state index contributed by atoms with van der Waals surface area (Å²) < 4.78 is 8.91. The minimum Gasteiger partial charge on any atom is -0.385 e. The largest absolute Gasteiger partial charge is 0.385 e. The number of pyridine rings is 1. The first-order valence-electron chi connectivity index (χ1n) is 10.8. The monoisotopic (exact) mass is 458 g/mol. The van der Waals surface area contributed by atoms with E-state index in [1.54, 1.807) is 36.6 Å². The first-order chi connectivity index (χ1) is 16.6. The van der Waals surface area contributed by atoms with Crippen molar-refractivity contribution in [3.8, 4) is 23.2 Å². The number of aliphatic hydroxyl groups is 1. The van der Waals surface area contributed by atoms with Crippen LogP contribution in [0.25, 0.3) is 11.3 Å². The summed E-state index contributed by atoms with van der Waals surface area (Å²) >= 11 is 0. The molecule has 1 aliphatic heterocycles. The highest BCUT2D eigenvalue weighted by Gasteiger charge is 2.29. The lowest BCUT2D eigenvalue weighted by atomic mass is 9.99. The molecule has 0 spiro atoms. The number of nitrogens with zero attached hydrogens (tertiary/aromatic N) is 8. The van der Waals surface area contributed by atoms with Crippen LogP contribution in [0, 0.1) is 17.8 Å². The van der Waals surface area contributed by atoms with E-state index in [1.807, 2.05) is 16.7 Å². The maximum Gasteiger partial charge on any atom is 0.244 e. The van der Waals surface area contributed by atoms with Crippen molar-refractivity contribution in [1.82, 2.24) is 39.4 Å². The Labute approximate surface area is 195 Å². The van der Waals surface area contributed by atoms with Gasteiger partial charge in [-0.25, -0.2) is 14.6 Å². The van der Waals surface area contributed by atoms with Gasteiger partial charge in [0.05, 0.1) is 18.0 Å². The Bertz CT molecular complexity index is 1340. The zero-order chi connectivity index (χ0) is 23.5. The third-order valence-corrected chi connectivity index (χ3v) is 5.51. The molecule has 5 heterocycles. The Morgan fingerprint density at radius 3 is 3.00 bits per heavy atom. The minimum atomic E-state index is -0.677. The van der Waals surface area contributed by atoms with Crippen LogP contribution in [0.3, 0.4) is 0 Å². The molecule has 34 heavy (non-hydrogen) atoms. The fourth-order valence-electron chi connectivity index (χ4n) is 3.73. The molecule has 1 saturated heterocycles. The standard InChI is InChI=1S/C23H22N8O3/c1-16(32)23-26-6-7-29(23)12-19-8-21(34-28-19)20-4-5-24-9-18(20)3-2-17-10-30(11-17)22(33)13-31-15-25-14-27-31/h4-9,14-17,32H,10-13H2,1H3/t16-/m0/s1. The lowest BCUT2D eigenvalue weighted by Gasteiger charge is -2.36. The summed E-state index contributed by atoms with van der Waals surface area (Å²) in [5.74, 6) is 7.65. The molecule has 1 atom stereocenters. The first kappa shape index (κ1) is 21.5. The highest BCUT2D eigenvalue weighted by atomic mass is 16.5. The Balaban J connectivity index is 1.24. The predicted octanol–water partition coefficient (Wildman–Crippen LogP) is 1.14. The molecule has 11 heteroatoms. The van der Waals surface area contributed by atoms with Crippen molar-refractivity contribution in [2.75, 3.05) is 13.1 Å². The average molecular weight is 458 g/mol. The number of rotatable bonds is 6. The normalized spacial score (nSPS) is 14.4. The number of carbonyl (C=O) groups is 1. The molecule has 1 amide bonds. The Hall–Kier alpha value is -4.30. The number of hydrogen-bond acceptors (Lipinski definition) is 8. The molecule has 0 aromatic carbocycles. The summed E-state index contributed by atoms with van der Waals surface area (Å²) in [6.07, 6.45) is 9.06. The molecule has 172 valence electrons. The first-order valence-corrected chi connectivity index (χ1v) is 10.8. The number of hydrogen-bond donors (Lipinski definition) is 1. The molecule has 1 fully saturated rings. The van der Waals surface area contributed by atoms with Gasteiger partial charge in [-0.3, -0.25) is 9.78 Å². The highest BCUT2D eigenvalue weighted by Crippen LogP contribution is 2.24. The molecule has 11 nitrogen and oxygen atoms in total. The van der Waals surface area contributed by atoms with Crippen LogP contribution in [-0.4, -0.2) is 63.5 Å². The topological polar surface area (TPSA) is 128 Å². The third kappa shape index (κ3) is 4.57. The molecular formula is C23H22N8O3. The molecule has 4 aromatic heterocycles. The van der Waals surface area contributed by atoms with Crippen molar-refractivity contribution in [1.29, 1.82) is 0 Å². The van der Waals surface area contributed by atoms with Gasteiger partial charge in [-0.1, -0.05) is 17.0 Å². The van der Waals surface area contributed by atoms with E-state index in [1.165, 1.54) is 17.3 Å². The molecule has 0 aliphatic carbocycles. The molecule has 5 rings (SSSR count). The van der Waals surface area contributed by atoms with E-state index in [4.69, 9.17) is 4.52 Å². The second kappa shape index (κ2) is 9.29. The van der Waals surface area contributed by atoms with Gasteiger partial charge in [0.2, 0.25) is 5.91 Å². The quantitative estimate of drug-likeness (QED) is 0.426. The molecule has 0 unspecified atom stereocenters. The van der Waals surface area contributed by atoms with Crippen LogP contribution < -0.4 is 0 Å². The molecule has 4 aromatic rings. The zero-order valence-electron chi connectivity index (χ0n) is 18.4. The van der Waals surface area contributed by atoms with Crippen LogP contribution in [0.1, 0.15) is 30.1 Å². The number of amides is 1. The number of aliphatic hydroxyl groups excluding tert-OH is 1. The van der Waals surface area contributed by atoms with Gasteiger partial charge in [0.15, 0.2) is 5.76 Å². The van der Waals surface area contributed by atoms with Gasteiger partial charge in [-0.05, 0) is 13.0 Å². The van der Waals surface area contributed by atoms with Crippen molar-refractivity contribution in [2.45, 2.75) is 26.1 Å². The third-order valence-electron chi connectivity index (χ3n) is 5.51. The smallest absolute Gasteiger partial charge is 0.244 e. The molecule has 0 radical (unpaired) electrons. The zero-order valence-corrected chi connectivity index (χ0v) is 18.4. The van der Waals surface area contributed by atoms with Gasteiger partial charge in [0, 0.05) is 49.5 Å². The summed E-state index contributed by atoms with van der Waals surface area (Å²) in [5, 5.41) is 18.0. The highest BCUT2D eigenvalue weighted by molar-refractivity contribution is 5.77. The maximum absolute atomic E-state index is 12.3. The molecule has 0 saturated carbocycles. The van der Waals surface area contributed by atoms with Crippen molar-refractivity contribution in [3.05, 3.63) is 66.7 Å². The summed E-state index contributed by atoms with van der Waals surface area (Å²) in [6.45, 7) is 3.44. The lowest BCUT2D eigenvalue weighted by Crippen LogP contribution is -2.50. The van der Waals surface area contributed by atoms with E-state index in [9.17, 15) is 9.90 Å². The van der Waals surface area contributed by atoms with E-state index < -0.39 is 6.10 Å². The fraction of sp³-hybridized carbons (Fsp3) is 0.304. The number of likely N-dealkylation sites (tertiary alicyclic amines) is 1. The van der Waals surface area contributed by atoms with Crippen LogP contribution in [0.2, 0.25) is 0 Å². The van der Waals surface area contributed by atoms with Crippen molar-refractivity contribution in [3.63, 3.8) is 0 Å². The van der Waals surface area contributed by atoms with Crippen molar-refractivity contribution in [2.24, 2.45) is 5.92 Å². The SMILES string of the molecule is C[C@H](O)c1nccn1Cc1cc(-c2ccncc2C#CC2CN(C(=O)Cn3cncn3)C2)on1. The van der Waals surface area contributed by atoms with Gasteiger partial charge in [-0.15, -0.1) is 0 Å². The van der Waals surface area contributed by atoms with Crippen LogP contribution in [0.15, 0.2) is 54.1 Å². The number of aromatic nitrogens is 7. The van der Waals surface area contributed by atoms with Gasteiger partial charge in [-0.2, -0.15) is 5.10 Å². The second-order valence-electron chi connectivity index (χ2n) is 8.05. The Morgan fingerprint density at radius 1 is 1.32 bits per heavy atom. The second-order valence-corrected chi connectivity index (χ2v) is 8.05. The van der Waals surface area contributed by atoms with Gasteiger partial charge in [0.1, 0.15) is 36.8 Å². The molecule has 1 aliphatic rings. The number of carbonyl (C=O) groups excluding carboxylic acids is 1. The van der Waals surface area contributed by atoms with E-state index in [0.29, 0.717) is 36.9 Å². The lowest BCUT2D eigenvalue weighted by molar-refractivity contribution is -0.137.